The van der Waals surface area contributed by atoms with E-state index >= 15 is 0 Å². The van der Waals surface area contributed by atoms with E-state index in [1.807, 2.05) is 47.4 Å². The normalized spacial score (nSPS) is 17.8. The average molecular weight is 506 g/mol. The van der Waals surface area contributed by atoms with Crippen LogP contribution in [0.5, 0.6) is 17.2 Å². The number of benzene rings is 3. The molecule has 1 atom stereocenters. The molecule has 0 N–H and O–H groups in total. The number of amides is 1. The highest BCUT2D eigenvalue weighted by Gasteiger charge is 2.32. The highest BCUT2D eigenvalue weighted by atomic mass is 35.5. The molecule has 6 heteroatoms. The minimum atomic E-state index is -0.230. The Labute approximate surface area is 217 Å². The first-order chi connectivity index (χ1) is 17.6. The van der Waals surface area contributed by atoms with Crippen LogP contribution in [0.3, 0.4) is 0 Å². The van der Waals surface area contributed by atoms with E-state index in [9.17, 15) is 4.79 Å². The molecule has 0 aromatic heterocycles. The quantitative estimate of drug-likeness (QED) is 0.351. The van der Waals surface area contributed by atoms with Crippen molar-refractivity contribution in [3.8, 4) is 17.2 Å². The summed E-state index contributed by atoms with van der Waals surface area (Å²) in [6, 6.07) is 20.7. The van der Waals surface area contributed by atoms with Gasteiger partial charge < -0.3 is 19.1 Å². The van der Waals surface area contributed by atoms with E-state index in [2.05, 4.69) is 12.1 Å². The molecule has 5 nitrogen and oxygen atoms in total. The van der Waals surface area contributed by atoms with Crippen molar-refractivity contribution >= 4 is 17.5 Å². The van der Waals surface area contributed by atoms with Crippen molar-refractivity contribution in [3.63, 3.8) is 0 Å². The van der Waals surface area contributed by atoms with Gasteiger partial charge in [0, 0.05) is 17.1 Å². The second kappa shape index (κ2) is 11.3. The molecule has 1 fully saturated rings. The lowest BCUT2D eigenvalue weighted by Crippen LogP contribution is -2.42. The Morgan fingerprint density at radius 2 is 1.69 bits per heavy atom. The molecule has 1 heterocycles. The summed E-state index contributed by atoms with van der Waals surface area (Å²) < 4.78 is 17.8. The van der Waals surface area contributed by atoms with Crippen LogP contribution >= 0.6 is 11.6 Å². The monoisotopic (exact) mass is 505 g/mol. The van der Waals surface area contributed by atoms with Gasteiger partial charge in [-0.15, -0.1) is 0 Å². The molecule has 3 aromatic rings. The Bertz CT molecular complexity index is 1190. The molecule has 5 rings (SSSR count). The van der Waals surface area contributed by atoms with E-state index in [0.717, 1.165) is 42.1 Å². The van der Waals surface area contributed by atoms with Crippen molar-refractivity contribution in [2.45, 2.75) is 50.7 Å². The summed E-state index contributed by atoms with van der Waals surface area (Å²) in [5, 5.41) is 0.550. The molecule has 1 unspecified atom stereocenters. The van der Waals surface area contributed by atoms with Gasteiger partial charge in [-0.05, 0) is 97.8 Å². The molecule has 1 amide bonds. The molecule has 2 aliphatic rings. The largest absolute Gasteiger partial charge is 0.497 e. The van der Waals surface area contributed by atoms with E-state index in [1.165, 1.54) is 24.8 Å². The fourth-order valence-electron chi connectivity index (χ4n) is 5.19. The number of hydrogen-bond acceptors (Lipinski definition) is 4. The molecule has 0 bridgehead atoms. The Balaban J connectivity index is 1.40. The lowest BCUT2D eigenvalue weighted by Gasteiger charge is -2.37. The molecule has 1 aliphatic heterocycles. The number of carbonyl (C=O) groups is 1. The van der Waals surface area contributed by atoms with Crippen molar-refractivity contribution in [3.05, 3.63) is 88.4 Å². The molecule has 0 spiro atoms. The van der Waals surface area contributed by atoms with Crippen molar-refractivity contribution in [1.29, 1.82) is 0 Å². The highest BCUT2D eigenvalue weighted by molar-refractivity contribution is 6.30. The van der Waals surface area contributed by atoms with Gasteiger partial charge in [0.15, 0.2) is 0 Å². The van der Waals surface area contributed by atoms with Gasteiger partial charge in [-0.1, -0.05) is 30.2 Å². The predicted molar refractivity (Wildman–Crippen MR) is 141 cm³/mol. The van der Waals surface area contributed by atoms with Crippen LogP contribution in [0.1, 0.15) is 59.6 Å². The maximum absolute atomic E-state index is 13.6. The lowest BCUT2D eigenvalue weighted by atomic mass is 9.91. The summed E-state index contributed by atoms with van der Waals surface area (Å²) in [5.74, 6) is 2.38. The van der Waals surface area contributed by atoms with E-state index in [-0.39, 0.29) is 11.9 Å². The third-order valence-corrected chi connectivity index (χ3v) is 7.36. The number of rotatable bonds is 7. The third kappa shape index (κ3) is 5.62. The Kier molecular flexibility index (Phi) is 7.66. The van der Waals surface area contributed by atoms with Gasteiger partial charge in [-0.2, -0.15) is 0 Å². The van der Waals surface area contributed by atoms with Crippen LogP contribution in [0, 0.1) is 0 Å². The minimum absolute atomic E-state index is 0.0472. The molecule has 1 saturated carbocycles. The van der Waals surface area contributed by atoms with Gasteiger partial charge in [-0.3, -0.25) is 4.79 Å². The first kappa shape index (κ1) is 24.5. The van der Waals surface area contributed by atoms with Crippen molar-refractivity contribution < 1.29 is 19.0 Å². The van der Waals surface area contributed by atoms with Gasteiger partial charge in [0.2, 0.25) is 0 Å². The Hall–Kier alpha value is -3.18. The fourth-order valence-corrected chi connectivity index (χ4v) is 5.38. The summed E-state index contributed by atoms with van der Waals surface area (Å²) >= 11 is 6.19. The number of ether oxygens (including phenoxy) is 3. The average Bonchev–Trinajstić information content (AvgIpc) is 2.92. The van der Waals surface area contributed by atoms with Gasteiger partial charge in [-0.25, -0.2) is 0 Å². The highest BCUT2D eigenvalue weighted by Crippen LogP contribution is 2.35. The Morgan fingerprint density at radius 1 is 0.944 bits per heavy atom. The number of fused-ring (bicyclic) bond motifs is 1. The summed E-state index contributed by atoms with van der Waals surface area (Å²) in [7, 11) is 1.64. The lowest BCUT2D eigenvalue weighted by molar-refractivity contribution is 0.0589. The van der Waals surface area contributed by atoms with Crippen molar-refractivity contribution in [2.75, 3.05) is 20.3 Å². The van der Waals surface area contributed by atoms with E-state index in [0.29, 0.717) is 29.8 Å². The zero-order valence-corrected chi connectivity index (χ0v) is 21.4. The number of hydrogen-bond donors (Lipinski definition) is 0. The van der Waals surface area contributed by atoms with E-state index in [1.54, 1.807) is 19.2 Å². The first-order valence-electron chi connectivity index (χ1n) is 12.7. The zero-order chi connectivity index (χ0) is 24.9. The predicted octanol–water partition coefficient (Wildman–Crippen LogP) is 6.88. The van der Waals surface area contributed by atoms with Gasteiger partial charge in [0.25, 0.3) is 5.91 Å². The zero-order valence-electron chi connectivity index (χ0n) is 20.6. The molecule has 0 radical (unpaired) electrons. The standard InChI is InChI=1S/C30H32ClNO4/c1-34-24-10-12-25(13-11-24)35-20-29-28-15-14-27(36-26-8-3-2-4-9-26)19-21(28)16-17-32(29)30(33)22-6-5-7-23(31)18-22/h5-7,10-15,18-19,26,29H,2-4,8-9,16-17,20H2,1H3. The van der Waals surface area contributed by atoms with Crippen LogP contribution in [0.15, 0.2) is 66.7 Å². The van der Waals surface area contributed by atoms with E-state index < -0.39 is 0 Å². The summed E-state index contributed by atoms with van der Waals surface area (Å²) in [6.07, 6.45) is 7.09. The van der Waals surface area contributed by atoms with E-state index in [4.69, 9.17) is 25.8 Å². The summed E-state index contributed by atoms with van der Waals surface area (Å²) in [4.78, 5) is 15.5. The SMILES string of the molecule is COc1ccc(OCC2c3ccc(OC4CCCCC4)cc3CCN2C(=O)c2cccc(Cl)c2)cc1. The summed E-state index contributed by atoms with van der Waals surface area (Å²) in [6.45, 7) is 0.941. The smallest absolute Gasteiger partial charge is 0.254 e. The number of methoxy groups -OCH3 is 1. The first-order valence-corrected chi connectivity index (χ1v) is 13.1. The third-order valence-electron chi connectivity index (χ3n) is 7.13. The van der Waals surface area contributed by atoms with Crippen LogP contribution in [0.25, 0.3) is 0 Å². The maximum atomic E-state index is 13.6. The van der Waals surface area contributed by atoms with Crippen LogP contribution in [0.2, 0.25) is 5.02 Å². The van der Waals surface area contributed by atoms with Crippen molar-refractivity contribution in [1.82, 2.24) is 4.90 Å². The molecular formula is C30H32ClNO4. The maximum Gasteiger partial charge on any atom is 0.254 e. The molecule has 3 aromatic carbocycles. The topological polar surface area (TPSA) is 48.0 Å². The molecule has 0 saturated heterocycles. The second-order valence-electron chi connectivity index (χ2n) is 9.50. The minimum Gasteiger partial charge on any atom is -0.497 e. The van der Waals surface area contributed by atoms with Gasteiger partial charge in [0.1, 0.15) is 23.9 Å². The van der Waals surface area contributed by atoms with Crippen LogP contribution in [-0.2, 0) is 6.42 Å². The van der Waals surface area contributed by atoms with Crippen LogP contribution in [0.4, 0.5) is 0 Å². The number of carbonyl (C=O) groups excluding carboxylic acids is 1. The molecule has 188 valence electrons. The fraction of sp³-hybridized carbons (Fsp3) is 0.367. The van der Waals surface area contributed by atoms with Crippen molar-refractivity contribution in [2.24, 2.45) is 0 Å². The number of nitrogens with zero attached hydrogens (tertiary/aromatic N) is 1. The second-order valence-corrected chi connectivity index (χ2v) is 9.94. The molecule has 1 aliphatic carbocycles. The molecule has 36 heavy (non-hydrogen) atoms. The molecular weight excluding hydrogens is 474 g/mol. The Morgan fingerprint density at radius 3 is 2.44 bits per heavy atom. The number of halogens is 1. The van der Waals surface area contributed by atoms with Gasteiger partial charge in [0.05, 0.1) is 19.3 Å². The van der Waals surface area contributed by atoms with Crippen LogP contribution in [-0.4, -0.2) is 37.2 Å². The van der Waals surface area contributed by atoms with Gasteiger partial charge >= 0.3 is 0 Å². The van der Waals surface area contributed by atoms with Crippen LogP contribution < -0.4 is 14.2 Å². The summed E-state index contributed by atoms with van der Waals surface area (Å²) in [5.41, 5.74) is 2.89.